The van der Waals surface area contributed by atoms with Gasteiger partial charge in [0.1, 0.15) is 0 Å². The molecule has 0 saturated carbocycles. The summed E-state index contributed by atoms with van der Waals surface area (Å²) in [5, 5.41) is 3.42. The fraction of sp³-hybridized carbons (Fsp3) is 1.00. The third kappa shape index (κ3) is 1.90. The number of hydrogen-bond donors (Lipinski definition) is 1. The zero-order valence-corrected chi connectivity index (χ0v) is 7.31. The SMILES string of the molecule is C[C@H]1CC[C@H](I)CN1. The van der Waals surface area contributed by atoms with Gasteiger partial charge in [-0.3, -0.25) is 0 Å². The summed E-state index contributed by atoms with van der Waals surface area (Å²) in [5.74, 6) is 0. The van der Waals surface area contributed by atoms with Crippen molar-refractivity contribution in [3.8, 4) is 0 Å². The molecule has 0 spiro atoms. The Kier molecular flexibility index (Phi) is 2.56. The molecule has 1 aliphatic heterocycles. The molecule has 1 aliphatic rings. The lowest BCUT2D eigenvalue weighted by Gasteiger charge is -2.23. The molecule has 1 fully saturated rings. The van der Waals surface area contributed by atoms with Gasteiger partial charge in [-0.2, -0.15) is 0 Å². The van der Waals surface area contributed by atoms with Crippen LogP contribution >= 0.6 is 22.6 Å². The average molecular weight is 225 g/mol. The highest BCUT2D eigenvalue weighted by Gasteiger charge is 2.13. The van der Waals surface area contributed by atoms with Crippen molar-refractivity contribution in [1.29, 1.82) is 0 Å². The van der Waals surface area contributed by atoms with Crippen LogP contribution in [0.25, 0.3) is 0 Å². The van der Waals surface area contributed by atoms with E-state index in [1.807, 2.05) is 0 Å². The highest BCUT2D eigenvalue weighted by molar-refractivity contribution is 14.1. The van der Waals surface area contributed by atoms with Crippen LogP contribution in [-0.2, 0) is 0 Å². The van der Waals surface area contributed by atoms with E-state index in [0.717, 1.165) is 9.97 Å². The van der Waals surface area contributed by atoms with Crippen LogP contribution in [0.2, 0.25) is 0 Å². The summed E-state index contributed by atoms with van der Waals surface area (Å²) in [5.41, 5.74) is 0. The molecule has 0 radical (unpaired) electrons. The molecule has 0 aromatic rings. The van der Waals surface area contributed by atoms with Gasteiger partial charge in [-0.15, -0.1) is 0 Å². The Balaban J connectivity index is 2.19. The van der Waals surface area contributed by atoms with Crippen molar-refractivity contribution in [2.24, 2.45) is 0 Å². The largest absolute Gasteiger partial charge is 0.313 e. The number of alkyl halides is 1. The smallest absolute Gasteiger partial charge is 0.0235 e. The second-order valence-corrected chi connectivity index (χ2v) is 4.25. The molecule has 1 saturated heterocycles. The van der Waals surface area contributed by atoms with Crippen molar-refractivity contribution in [2.75, 3.05) is 6.54 Å². The molecular weight excluding hydrogens is 213 g/mol. The summed E-state index contributed by atoms with van der Waals surface area (Å²) in [6.45, 7) is 3.46. The zero-order chi connectivity index (χ0) is 5.98. The van der Waals surface area contributed by atoms with E-state index in [1.54, 1.807) is 0 Å². The molecular formula is C6H12IN. The Morgan fingerprint density at radius 1 is 1.50 bits per heavy atom. The summed E-state index contributed by atoms with van der Waals surface area (Å²) in [4.78, 5) is 0. The molecule has 1 nitrogen and oxygen atoms in total. The van der Waals surface area contributed by atoms with Crippen LogP contribution in [0, 0.1) is 0 Å². The fourth-order valence-corrected chi connectivity index (χ4v) is 1.58. The van der Waals surface area contributed by atoms with E-state index in [1.165, 1.54) is 19.4 Å². The zero-order valence-electron chi connectivity index (χ0n) is 5.15. The first kappa shape index (κ1) is 6.81. The Hall–Kier alpha value is 0.690. The minimum Gasteiger partial charge on any atom is -0.313 e. The quantitative estimate of drug-likeness (QED) is 0.487. The minimum atomic E-state index is 0.765. The minimum absolute atomic E-state index is 0.765. The van der Waals surface area contributed by atoms with Crippen LogP contribution in [0.3, 0.4) is 0 Å². The van der Waals surface area contributed by atoms with Crippen LogP contribution in [0.5, 0.6) is 0 Å². The lowest BCUT2D eigenvalue weighted by Crippen LogP contribution is -2.36. The first-order valence-electron chi connectivity index (χ1n) is 3.16. The van der Waals surface area contributed by atoms with Gasteiger partial charge in [0, 0.05) is 16.5 Å². The molecule has 8 heavy (non-hydrogen) atoms. The molecule has 0 amide bonds. The Bertz CT molecular complexity index is 56.9. The number of hydrogen-bond acceptors (Lipinski definition) is 1. The highest BCUT2D eigenvalue weighted by Crippen LogP contribution is 2.14. The lowest BCUT2D eigenvalue weighted by atomic mass is 10.1. The van der Waals surface area contributed by atoms with Gasteiger partial charge in [-0.05, 0) is 19.8 Å². The Labute approximate surface area is 64.4 Å². The summed E-state index contributed by atoms with van der Waals surface area (Å²) in [7, 11) is 0. The van der Waals surface area contributed by atoms with Crippen molar-refractivity contribution in [3.05, 3.63) is 0 Å². The normalized spacial score (nSPS) is 39.8. The molecule has 0 aliphatic carbocycles. The van der Waals surface area contributed by atoms with Crippen LogP contribution in [0.4, 0.5) is 0 Å². The fourth-order valence-electron chi connectivity index (χ4n) is 0.964. The molecule has 2 atom stereocenters. The van der Waals surface area contributed by atoms with Gasteiger partial charge in [0.25, 0.3) is 0 Å². The molecule has 0 aromatic carbocycles. The molecule has 1 N–H and O–H groups in total. The van der Waals surface area contributed by atoms with Gasteiger partial charge in [0.05, 0.1) is 0 Å². The second-order valence-electron chi connectivity index (χ2n) is 2.48. The first-order chi connectivity index (χ1) is 3.79. The maximum atomic E-state index is 3.42. The average Bonchev–Trinajstić information content (AvgIpc) is 1.77. The van der Waals surface area contributed by atoms with Crippen molar-refractivity contribution >= 4 is 22.6 Å². The predicted octanol–water partition coefficient (Wildman–Crippen LogP) is 1.56. The third-order valence-corrected chi connectivity index (χ3v) is 2.66. The molecule has 2 heteroatoms. The predicted molar refractivity (Wildman–Crippen MR) is 44.5 cm³/mol. The summed E-state index contributed by atoms with van der Waals surface area (Å²) >= 11 is 2.50. The summed E-state index contributed by atoms with van der Waals surface area (Å²) < 4.78 is 0.879. The van der Waals surface area contributed by atoms with Crippen molar-refractivity contribution in [3.63, 3.8) is 0 Å². The highest BCUT2D eigenvalue weighted by atomic mass is 127. The number of nitrogens with one attached hydrogen (secondary N) is 1. The van der Waals surface area contributed by atoms with E-state index in [2.05, 4.69) is 34.8 Å². The molecule has 48 valence electrons. The first-order valence-corrected chi connectivity index (χ1v) is 4.41. The van der Waals surface area contributed by atoms with E-state index in [9.17, 15) is 0 Å². The Morgan fingerprint density at radius 2 is 2.25 bits per heavy atom. The van der Waals surface area contributed by atoms with E-state index in [0.29, 0.717) is 0 Å². The standard InChI is InChI=1S/C6H12IN/c1-5-2-3-6(7)4-8-5/h5-6,8H,2-4H2,1H3/t5-,6-/m0/s1. The number of rotatable bonds is 0. The number of halogens is 1. The second kappa shape index (κ2) is 3.01. The monoisotopic (exact) mass is 225 g/mol. The van der Waals surface area contributed by atoms with Crippen LogP contribution < -0.4 is 5.32 Å². The summed E-state index contributed by atoms with van der Waals surface area (Å²) in [6, 6.07) is 0.765. The van der Waals surface area contributed by atoms with Gasteiger partial charge in [-0.25, -0.2) is 0 Å². The molecule has 1 rings (SSSR count). The van der Waals surface area contributed by atoms with Gasteiger partial charge in [0.15, 0.2) is 0 Å². The topological polar surface area (TPSA) is 12.0 Å². The van der Waals surface area contributed by atoms with Gasteiger partial charge < -0.3 is 5.32 Å². The van der Waals surface area contributed by atoms with Crippen LogP contribution in [0.15, 0.2) is 0 Å². The van der Waals surface area contributed by atoms with Crippen LogP contribution in [-0.4, -0.2) is 16.5 Å². The van der Waals surface area contributed by atoms with Gasteiger partial charge in [0.2, 0.25) is 0 Å². The summed E-state index contributed by atoms with van der Waals surface area (Å²) in [6.07, 6.45) is 2.75. The lowest BCUT2D eigenvalue weighted by molar-refractivity contribution is 0.441. The maximum absolute atomic E-state index is 3.42. The Morgan fingerprint density at radius 3 is 2.62 bits per heavy atom. The van der Waals surface area contributed by atoms with Crippen molar-refractivity contribution in [1.82, 2.24) is 5.32 Å². The molecule has 0 bridgehead atoms. The molecule has 1 heterocycles. The van der Waals surface area contributed by atoms with E-state index in [4.69, 9.17) is 0 Å². The maximum Gasteiger partial charge on any atom is 0.0235 e. The van der Waals surface area contributed by atoms with Crippen molar-refractivity contribution < 1.29 is 0 Å². The van der Waals surface area contributed by atoms with E-state index in [-0.39, 0.29) is 0 Å². The van der Waals surface area contributed by atoms with E-state index >= 15 is 0 Å². The molecule has 0 unspecified atom stereocenters. The van der Waals surface area contributed by atoms with Gasteiger partial charge >= 0.3 is 0 Å². The van der Waals surface area contributed by atoms with E-state index < -0.39 is 0 Å². The van der Waals surface area contributed by atoms with Crippen LogP contribution in [0.1, 0.15) is 19.8 Å². The van der Waals surface area contributed by atoms with Gasteiger partial charge in [-0.1, -0.05) is 22.6 Å². The number of piperidine rings is 1. The van der Waals surface area contributed by atoms with Crippen molar-refractivity contribution in [2.45, 2.75) is 29.7 Å². The third-order valence-electron chi connectivity index (χ3n) is 1.60. The molecule has 0 aromatic heterocycles.